The molecule has 0 aliphatic heterocycles. The number of fused-ring (bicyclic) bond motifs is 7. The van der Waals surface area contributed by atoms with Crippen molar-refractivity contribution in [2.75, 3.05) is 0 Å². The predicted octanol–water partition coefficient (Wildman–Crippen LogP) is 14.7. The number of pyridine rings is 1. The minimum atomic E-state index is 0.663. The lowest BCUT2D eigenvalue weighted by atomic mass is 9.93. The first-order chi connectivity index (χ1) is 29.1. The molecule has 11 aromatic rings. The Morgan fingerprint density at radius 3 is 2.00 bits per heavy atom. The van der Waals surface area contributed by atoms with Crippen LogP contribution in [0, 0.1) is 6.92 Å². The molecule has 59 heavy (non-hydrogen) atoms. The van der Waals surface area contributed by atoms with E-state index in [9.17, 15) is 0 Å². The first kappa shape index (κ1) is 34.8. The van der Waals surface area contributed by atoms with Crippen molar-refractivity contribution >= 4 is 70.2 Å². The van der Waals surface area contributed by atoms with E-state index in [-0.39, 0.29) is 0 Å². The van der Waals surface area contributed by atoms with Gasteiger partial charge in [0.05, 0.1) is 22.6 Å². The molecule has 0 bridgehead atoms. The predicted molar refractivity (Wildman–Crippen MR) is 250 cm³/mol. The summed E-state index contributed by atoms with van der Waals surface area (Å²) in [5, 5.41) is 8.30. The van der Waals surface area contributed by atoms with Crippen LogP contribution in [0.5, 0.6) is 0 Å². The first-order valence-electron chi connectivity index (χ1n) is 19.8. The Morgan fingerprint density at radius 1 is 0.542 bits per heavy atom. The smallest absolute Gasteiger partial charge is 0.160 e. The highest BCUT2D eigenvalue weighted by Gasteiger charge is 2.20. The molecule has 0 aliphatic rings. The number of hydrogen-bond donors (Lipinski definition) is 0. The van der Waals surface area contributed by atoms with Gasteiger partial charge >= 0.3 is 0 Å². The molecule has 0 saturated carbocycles. The topological polar surface area (TPSA) is 43.6 Å². The molecule has 7 aromatic carbocycles. The largest absolute Gasteiger partial charge is 0.310 e. The highest BCUT2D eigenvalue weighted by Crippen LogP contribution is 2.43. The molecule has 4 aromatic heterocycles. The van der Waals surface area contributed by atoms with Gasteiger partial charge in [0.2, 0.25) is 0 Å². The lowest BCUT2D eigenvalue weighted by Gasteiger charge is -2.15. The number of hydrogen-bond acceptors (Lipinski definition) is 4. The third-order valence-electron chi connectivity index (χ3n) is 11.4. The number of aromatic nitrogens is 4. The van der Waals surface area contributed by atoms with Gasteiger partial charge < -0.3 is 4.57 Å². The maximum Gasteiger partial charge on any atom is 0.160 e. The van der Waals surface area contributed by atoms with E-state index in [1.54, 1.807) is 11.3 Å². The molecule has 0 fully saturated rings. The number of allylic oxidation sites excluding steroid dienone is 2. The second-order valence-corrected chi connectivity index (χ2v) is 15.9. The minimum absolute atomic E-state index is 0.663. The molecule has 0 spiro atoms. The van der Waals surface area contributed by atoms with Crippen molar-refractivity contribution in [3.8, 4) is 50.8 Å². The molecule has 0 unspecified atom stereocenters. The van der Waals surface area contributed by atoms with Crippen molar-refractivity contribution in [3.63, 3.8) is 0 Å². The quantitative estimate of drug-likeness (QED) is 0.152. The van der Waals surface area contributed by atoms with Crippen LogP contribution in [0.3, 0.4) is 0 Å². The lowest BCUT2D eigenvalue weighted by Crippen LogP contribution is -2.00. The van der Waals surface area contributed by atoms with Gasteiger partial charge in [0.25, 0.3) is 0 Å². The maximum absolute atomic E-state index is 5.43. The number of nitrogens with zero attached hydrogens (tertiary/aromatic N) is 4. The van der Waals surface area contributed by atoms with E-state index in [0.29, 0.717) is 5.82 Å². The van der Waals surface area contributed by atoms with E-state index >= 15 is 0 Å². The Morgan fingerprint density at radius 2 is 1.19 bits per heavy atom. The van der Waals surface area contributed by atoms with Gasteiger partial charge in [0, 0.05) is 59.9 Å². The van der Waals surface area contributed by atoms with Gasteiger partial charge in [-0.3, -0.25) is 0 Å². The van der Waals surface area contributed by atoms with E-state index in [1.165, 1.54) is 31.8 Å². The molecular weight excluding hydrogens is 737 g/mol. The second-order valence-electron chi connectivity index (χ2n) is 14.8. The average Bonchev–Trinajstić information content (AvgIpc) is 3.82. The number of benzene rings is 7. The Bertz CT molecular complexity index is 3480. The van der Waals surface area contributed by atoms with E-state index < -0.39 is 0 Å². The Hall–Kier alpha value is -7.47. The zero-order valence-electron chi connectivity index (χ0n) is 32.3. The summed E-state index contributed by atoms with van der Waals surface area (Å²) in [6, 6.07) is 60.1. The summed E-state index contributed by atoms with van der Waals surface area (Å²) in [4.78, 5) is 17.1. The summed E-state index contributed by atoms with van der Waals surface area (Å²) in [6.45, 7) is 6.12. The van der Waals surface area contributed by atoms with Crippen LogP contribution < -0.4 is 0 Å². The van der Waals surface area contributed by atoms with Gasteiger partial charge in [-0.15, -0.1) is 11.3 Å². The van der Waals surface area contributed by atoms with Crippen LogP contribution in [0.2, 0.25) is 0 Å². The normalized spacial score (nSPS) is 11.8. The zero-order valence-corrected chi connectivity index (χ0v) is 33.1. The van der Waals surface area contributed by atoms with Crippen molar-refractivity contribution in [3.05, 3.63) is 200 Å². The fourth-order valence-corrected chi connectivity index (χ4v) is 9.78. The molecule has 11 rings (SSSR count). The lowest BCUT2D eigenvalue weighted by molar-refractivity contribution is 1.09. The molecule has 0 saturated heterocycles. The summed E-state index contributed by atoms with van der Waals surface area (Å²) in [5.74, 6) is 0.663. The van der Waals surface area contributed by atoms with Gasteiger partial charge in [0.1, 0.15) is 4.83 Å². The van der Waals surface area contributed by atoms with Gasteiger partial charge in [-0.1, -0.05) is 158 Å². The minimum Gasteiger partial charge on any atom is -0.310 e. The Balaban J connectivity index is 1.11. The van der Waals surface area contributed by atoms with Crippen LogP contribution in [-0.2, 0) is 0 Å². The van der Waals surface area contributed by atoms with Crippen molar-refractivity contribution in [2.24, 2.45) is 0 Å². The van der Waals surface area contributed by atoms with Gasteiger partial charge in [-0.2, -0.15) is 0 Å². The Kier molecular flexibility index (Phi) is 8.35. The number of thiophene rings is 1. The molecular formula is C54H36N4S. The molecule has 4 heterocycles. The van der Waals surface area contributed by atoms with Crippen molar-refractivity contribution in [1.29, 1.82) is 0 Å². The fraction of sp³-hybridized carbons (Fsp3) is 0.0185. The van der Waals surface area contributed by atoms with Crippen LogP contribution in [0.4, 0.5) is 0 Å². The zero-order chi connectivity index (χ0) is 39.5. The molecule has 5 heteroatoms. The summed E-state index contributed by atoms with van der Waals surface area (Å²) in [5.41, 5.74) is 11.3. The average molecular weight is 773 g/mol. The third kappa shape index (κ3) is 5.78. The fourth-order valence-electron chi connectivity index (χ4n) is 8.69. The van der Waals surface area contributed by atoms with Crippen LogP contribution >= 0.6 is 11.3 Å². The maximum atomic E-state index is 5.43. The third-order valence-corrected chi connectivity index (χ3v) is 12.5. The molecule has 278 valence electrons. The Labute approximate surface area is 345 Å². The second kappa shape index (κ2) is 14.2. The van der Waals surface area contributed by atoms with E-state index in [2.05, 4.69) is 188 Å². The van der Waals surface area contributed by atoms with Crippen LogP contribution in [-0.4, -0.2) is 19.5 Å². The van der Waals surface area contributed by atoms with E-state index in [1.807, 2.05) is 18.2 Å². The van der Waals surface area contributed by atoms with Crippen molar-refractivity contribution < 1.29 is 0 Å². The first-order valence-corrected chi connectivity index (χ1v) is 20.6. The summed E-state index contributed by atoms with van der Waals surface area (Å²) in [6.07, 6.45) is 5.95. The van der Waals surface area contributed by atoms with E-state index in [0.717, 1.165) is 77.2 Å². The van der Waals surface area contributed by atoms with Gasteiger partial charge in [0.15, 0.2) is 5.82 Å². The molecule has 0 N–H and O–H groups in total. The van der Waals surface area contributed by atoms with Crippen molar-refractivity contribution in [2.45, 2.75) is 6.92 Å². The molecule has 0 amide bonds. The standard InChI is InChI=1S/C54H36N4S/c1-3-4-27-48-34(2)38-21-12-14-28-49(38)58(48)37-20-16-19-36(32-37)53-55-46(35-17-6-5-7-18-35)33-47(56-53)41-30-31-44(40-23-9-8-22-39(40)41)52-43-25-11-10-24-42(43)51-45-26-13-15-29-50(45)59-54(51)57-52/h3-33H,1H2,2H3/b27-4-. The number of para-hydroxylation sites is 1. The van der Waals surface area contributed by atoms with Gasteiger partial charge in [-0.05, 0) is 65.1 Å². The SMILES string of the molecule is C=C/C=C\c1c(C)c2ccccc2n1-c1cccc(-c2nc(-c3ccccc3)cc(-c3ccc(-c4nc5sc6ccccc6c5c5ccccc45)c4ccccc34)n2)c1. The highest BCUT2D eigenvalue weighted by atomic mass is 32.1. The molecule has 0 aliphatic carbocycles. The molecule has 0 atom stereocenters. The summed E-state index contributed by atoms with van der Waals surface area (Å²) in [7, 11) is 0. The van der Waals surface area contributed by atoms with E-state index in [4.69, 9.17) is 15.0 Å². The number of rotatable bonds is 7. The molecule has 4 nitrogen and oxygen atoms in total. The summed E-state index contributed by atoms with van der Waals surface area (Å²) < 4.78 is 3.56. The van der Waals surface area contributed by atoms with Gasteiger partial charge in [-0.25, -0.2) is 15.0 Å². The van der Waals surface area contributed by atoms with Crippen LogP contribution in [0.25, 0.3) is 110 Å². The molecule has 0 radical (unpaired) electrons. The van der Waals surface area contributed by atoms with Crippen LogP contribution in [0.15, 0.2) is 189 Å². The number of aryl methyl sites for hydroxylation is 1. The summed E-state index contributed by atoms with van der Waals surface area (Å²) >= 11 is 1.76. The van der Waals surface area contributed by atoms with Crippen molar-refractivity contribution in [1.82, 2.24) is 19.5 Å². The monoisotopic (exact) mass is 772 g/mol. The highest BCUT2D eigenvalue weighted by molar-refractivity contribution is 7.25. The van der Waals surface area contributed by atoms with Crippen LogP contribution in [0.1, 0.15) is 11.3 Å².